The van der Waals surface area contributed by atoms with E-state index in [0.717, 1.165) is 46.7 Å². The molecule has 4 rings (SSSR count). The SMILES string of the molecule is C[C@H](O[C@@H](NC(=O)CCCCCCN=[N+]=[N-])C(=O)NCCCCN(CCCNC(=O)OCc1ccccc1)C(=O)OCc1ccccc1)c1ccc2ccccc2c1. The smallest absolute Gasteiger partial charge is 0.410 e. The number of benzene rings is 4. The molecule has 4 aromatic carbocycles. The second kappa shape index (κ2) is 25.9. The molecule has 14 heteroatoms. The molecule has 0 saturated carbocycles. The second-order valence-electron chi connectivity index (χ2n) is 13.8. The Hall–Kier alpha value is -6.11. The van der Waals surface area contributed by atoms with Gasteiger partial charge in [-0.3, -0.25) is 9.59 Å². The number of amides is 4. The molecule has 58 heavy (non-hydrogen) atoms. The van der Waals surface area contributed by atoms with Crippen LogP contribution in [0.25, 0.3) is 21.2 Å². The summed E-state index contributed by atoms with van der Waals surface area (Å²) in [6.45, 7) is 3.83. The third kappa shape index (κ3) is 16.9. The van der Waals surface area contributed by atoms with Crippen LogP contribution in [0.15, 0.2) is 108 Å². The summed E-state index contributed by atoms with van der Waals surface area (Å²) in [5, 5.41) is 14.1. The third-order valence-electron chi connectivity index (χ3n) is 9.29. The lowest BCUT2D eigenvalue weighted by Gasteiger charge is -2.24. The Balaban J connectivity index is 1.27. The number of azide groups is 1. The molecule has 0 aliphatic carbocycles. The Morgan fingerprint density at radius 1 is 0.707 bits per heavy atom. The third-order valence-corrected chi connectivity index (χ3v) is 9.29. The van der Waals surface area contributed by atoms with Crippen molar-refractivity contribution in [2.75, 3.05) is 32.7 Å². The van der Waals surface area contributed by atoms with Crippen LogP contribution in [0.3, 0.4) is 0 Å². The minimum Gasteiger partial charge on any atom is -0.445 e. The predicted molar refractivity (Wildman–Crippen MR) is 222 cm³/mol. The number of hydrogen-bond acceptors (Lipinski definition) is 8. The van der Waals surface area contributed by atoms with Crippen molar-refractivity contribution in [1.82, 2.24) is 20.9 Å². The maximum absolute atomic E-state index is 13.5. The highest BCUT2D eigenvalue weighted by molar-refractivity contribution is 5.86. The molecule has 0 bridgehead atoms. The lowest BCUT2D eigenvalue weighted by Crippen LogP contribution is -2.49. The highest BCUT2D eigenvalue weighted by Gasteiger charge is 2.24. The summed E-state index contributed by atoms with van der Waals surface area (Å²) < 4.78 is 17.1. The monoisotopic (exact) mass is 793 g/mol. The standard InChI is InChI=1S/C44H55N7O7/c1-34(38-25-24-37-21-11-12-22-39(37)31-38)58-42(49-40(52)23-10-2-3-13-28-48-50-45)41(53)46-26-14-15-29-51(44(55)57-33-36-19-8-5-9-20-36)30-16-27-47-43(54)56-32-35-17-6-4-7-18-35/h4-9,11-12,17-22,24-25,31,34,42H,2-3,10,13-16,23,26-30,32-33H2,1H3,(H,46,53)(H,47,54)(H,49,52)/t34-,42+/m0/s1. The molecular weight excluding hydrogens is 739 g/mol. The van der Waals surface area contributed by atoms with E-state index in [0.29, 0.717) is 51.9 Å². The average molecular weight is 794 g/mol. The zero-order valence-corrected chi connectivity index (χ0v) is 33.2. The lowest BCUT2D eigenvalue weighted by molar-refractivity contribution is -0.145. The van der Waals surface area contributed by atoms with E-state index in [1.165, 1.54) is 0 Å². The molecule has 0 aliphatic rings. The summed E-state index contributed by atoms with van der Waals surface area (Å²) in [5.74, 6) is -0.774. The van der Waals surface area contributed by atoms with Crippen molar-refractivity contribution in [1.29, 1.82) is 0 Å². The Morgan fingerprint density at radius 2 is 1.34 bits per heavy atom. The van der Waals surface area contributed by atoms with Crippen LogP contribution in [0.4, 0.5) is 9.59 Å². The van der Waals surface area contributed by atoms with Crippen LogP contribution in [-0.2, 0) is 37.0 Å². The van der Waals surface area contributed by atoms with E-state index in [-0.39, 0.29) is 32.1 Å². The molecule has 0 unspecified atom stereocenters. The van der Waals surface area contributed by atoms with Gasteiger partial charge in [0.25, 0.3) is 5.91 Å². The number of rotatable bonds is 25. The quantitative estimate of drug-likeness (QED) is 0.0198. The fourth-order valence-electron chi connectivity index (χ4n) is 6.06. The molecule has 2 atom stereocenters. The topological polar surface area (TPSA) is 184 Å². The summed E-state index contributed by atoms with van der Waals surface area (Å²) >= 11 is 0. The number of nitrogens with one attached hydrogen (secondary N) is 3. The zero-order chi connectivity index (χ0) is 41.2. The summed E-state index contributed by atoms with van der Waals surface area (Å²) in [4.78, 5) is 56.2. The zero-order valence-electron chi connectivity index (χ0n) is 33.2. The van der Waals surface area contributed by atoms with E-state index in [1.807, 2.05) is 110 Å². The first-order valence-electron chi connectivity index (χ1n) is 19.9. The Morgan fingerprint density at radius 3 is 2.07 bits per heavy atom. The van der Waals surface area contributed by atoms with Gasteiger partial charge in [0.15, 0.2) is 0 Å². The fraction of sp³-hybridized carbons (Fsp3) is 0.409. The molecule has 0 fully saturated rings. The largest absolute Gasteiger partial charge is 0.445 e. The average Bonchev–Trinajstić information content (AvgIpc) is 3.25. The summed E-state index contributed by atoms with van der Waals surface area (Å²) in [5.41, 5.74) is 11.1. The van der Waals surface area contributed by atoms with E-state index in [9.17, 15) is 19.2 Å². The van der Waals surface area contributed by atoms with Crippen LogP contribution >= 0.6 is 0 Å². The van der Waals surface area contributed by atoms with E-state index in [2.05, 4.69) is 26.0 Å². The molecule has 3 N–H and O–H groups in total. The maximum atomic E-state index is 13.5. The first kappa shape index (κ1) is 44.6. The van der Waals surface area contributed by atoms with Crippen molar-refractivity contribution >= 4 is 34.8 Å². The van der Waals surface area contributed by atoms with Gasteiger partial charge in [0.2, 0.25) is 12.1 Å². The molecule has 0 saturated heterocycles. The number of hydrogen-bond donors (Lipinski definition) is 3. The number of carbonyl (C=O) groups is 4. The van der Waals surface area contributed by atoms with Crippen molar-refractivity contribution in [3.63, 3.8) is 0 Å². The molecule has 0 aromatic heterocycles. The Labute approximate surface area is 340 Å². The molecule has 4 amide bonds. The fourth-order valence-corrected chi connectivity index (χ4v) is 6.06. The van der Waals surface area contributed by atoms with E-state index in [1.54, 1.807) is 4.90 Å². The van der Waals surface area contributed by atoms with E-state index >= 15 is 0 Å². The number of ether oxygens (including phenoxy) is 3. The van der Waals surface area contributed by atoms with Crippen molar-refractivity contribution < 1.29 is 33.4 Å². The van der Waals surface area contributed by atoms with E-state index in [4.69, 9.17) is 19.7 Å². The van der Waals surface area contributed by atoms with Crippen molar-refractivity contribution in [3.05, 3.63) is 130 Å². The molecule has 0 aliphatic heterocycles. The second-order valence-corrected chi connectivity index (χ2v) is 13.8. The van der Waals surface area contributed by atoms with Crippen molar-refractivity contribution in [3.8, 4) is 0 Å². The number of unbranched alkanes of at least 4 members (excludes halogenated alkanes) is 4. The Bertz CT molecular complexity index is 1910. The van der Waals surface area contributed by atoms with Gasteiger partial charge in [-0.25, -0.2) is 9.59 Å². The van der Waals surface area contributed by atoms with Crippen LogP contribution in [-0.4, -0.2) is 67.9 Å². The highest BCUT2D eigenvalue weighted by atomic mass is 16.6. The molecular formula is C44H55N7O7. The van der Waals surface area contributed by atoms with Gasteiger partial charge in [-0.05, 0) is 78.1 Å². The van der Waals surface area contributed by atoms with Gasteiger partial charge in [-0.2, -0.15) is 0 Å². The van der Waals surface area contributed by atoms with Gasteiger partial charge in [0.1, 0.15) is 13.2 Å². The van der Waals surface area contributed by atoms with Crippen LogP contribution in [0.2, 0.25) is 0 Å². The van der Waals surface area contributed by atoms with Crippen molar-refractivity contribution in [2.24, 2.45) is 5.11 Å². The summed E-state index contributed by atoms with van der Waals surface area (Å²) in [6, 6.07) is 32.7. The molecule has 0 radical (unpaired) electrons. The summed E-state index contributed by atoms with van der Waals surface area (Å²) in [7, 11) is 0. The minimum atomic E-state index is -1.23. The van der Waals surface area contributed by atoms with Gasteiger partial charge < -0.3 is 35.1 Å². The maximum Gasteiger partial charge on any atom is 0.410 e. The van der Waals surface area contributed by atoms with Gasteiger partial charge in [-0.1, -0.05) is 115 Å². The minimum absolute atomic E-state index is 0.123. The Kier molecular flexibility index (Phi) is 19.9. The van der Waals surface area contributed by atoms with Crippen LogP contribution in [0.1, 0.15) is 81.1 Å². The molecule has 308 valence electrons. The van der Waals surface area contributed by atoms with Gasteiger partial charge >= 0.3 is 12.2 Å². The number of fused-ring (bicyclic) bond motifs is 1. The highest BCUT2D eigenvalue weighted by Crippen LogP contribution is 2.23. The number of carbonyl (C=O) groups excluding carboxylic acids is 4. The number of nitrogens with zero attached hydrogens (tertiary/aromatic N) is 4. The van der Waals surface area contributed by atoms with Gasteiger partial charge in [-0.15, -0.1) is 0 Å². The molecule has 0 heterocycles. The van der Waals surface area contributed by atoms with Crippen molar-refractivity contribution in [2.45, 2.75) is 83.8 Å². The van der Waals surface area contributed by atoms with Gasteiger partial charge in [0, 0.05) is 44.1 Å². The lowest BCUT2D eigenvalue weighted by atomic mass is 10.0. The molecule has 14 nitrogen and oxygen atoms in total. The first-order chi connectivity index (χ1) is 28.3. The number of alkyl carbamates (subject to hydrolysis) is 1. The van der Waals surface area contributed by atoms with Crippen LogP contribution in [0, 0.1) is 0 Å². The first-order valence-corrected chi connectivity index (χ1v) is 19.9. The van der Waals surface area contributed by atoms with E-state index < -0.39 is 30.4 Å². The predicted octanol–water partition coefficient (Wildman–Crippen LogP) is 8.47. The normalized spacial score (nSPS) is 11.7. The van der Waals surface area contributed by atoms with Crippen LogP contribution < -0.4 is 16.0 Å². The van der Waals surface area contributed by atoms with Crippen LogP contribution in [0.5, 0.6) is 0 Å². The summed E-state index contributed by atoms with van der Waals surface area (Å²) in [6.07, 6.45) is 2.02. The molecule has 0 spiro atoms. The van der Waals surface area contributed by atoms with Gasteiger partial charge in [0.05, 0.1) is 6.10 Å². The molecule has 4 aromatic rings.